The Hall–Kier alpha value is -4.60. The predicted octanol–water partition coefficient (Wildman–Crippen LogP) is 6.13. The van der Waals surface area contributed by atoms with Crippen molar-refractivity contribution in [3.63, 3.8) is 0 Å². The highest BCUT2D eigenvalue weighted by molar-refractivity contribution is 5.89. The Morgan fingerprint density at radius 2 is 1.79 bits per heavy atom. The van der Waals surface area contributed by atoms with Gasteiger partial charge in [0, 0.05) is 36.6 Å². The number of para-hydroxylation sites is 1. The van der Waals surface area contributed by atoms with E-state index in [2.05, 4.69) is 20.9 Å². The third kappa shape index (κ3) is 7.53. The number of carbonyl (C=O) groups excluding carboxylic acids is 3. The number of amides is 3. The number of urea groups is 1. The molecule has 2 aromatic carbocycles. The Balaban J connectivity index is 1.23. The number of benzene rings is 2. The Labute approximate surface area is 275 Å². The maximum atomic E-state index is 14.0. The maximum Gasteiger partial charge on any atom is 0.360 e. The summed E-state index contributed by atoms with van der Waals surface area (Å²) in [6, 6.07) is 15.8. The summed E-state index contributed by atoms with van der Waals surface area (Å²) < 4.78 is 13.6. The first-order chi connectivity index (χ1) is 22.6. The van der Waals surface area contributed by atoms with Crippen molar-refractivity contribution in [2.45, 2.75) is 84.0 Å². The van der Waals surface area contributed by atoms with Crippen molar-refractivity contribution in [1.82, 2.24) is 25.5 Å². The molecule has 0 saturated heterocycles. The highest BCUT2D eigenvalue weighted by Crippen LogP contribution is 2.44. The summed E-state index contributed by atoms with van der Waals surface area (Å²) in [7, 11) is 1.98. The van der Waals surface area contributed by atoms with Crippen LogP contribution in [0.4, 0.5) is 4.79 Å². The zero-order valence-corrected chi connectivity index (χ0v) is 27.6. The first-order valence-electron chi connectivity index (χ1n) is 16.7. The summed E-state index contributed by atoms with van der Waals surface area (Å²) in [6.07, 6.45) is 7.42. The van der Waals surface area contributed by atoms with Gasteiger partial charge in [-0.05, 0) is 67.6 Å². The quantitative estimate of drug-likeness (QED) is 0.160. The zero-order chi connectivity index (χ0) is 33.1. The van der Waals surface area contributed by atoms with Crippen LogP contribution in [-0.2, 0) is 29.6 Å². The second kappa shape index (κ2) is 14.0. The summed E-state index contributed by atoms with van der Waals surface area (Å²) in [5.41, 5.74) is 2.96. The standard InChI is InChI=1S/C37H45N5O5/c1-22(2)16-30(40-37(45)39-29-18-25-14-15-26(29)17-25)34(43)38-31(19-27-20-42(4)32-13-9-8-12-28(27)32)35-41-33(23(3)47-35)36(44)46-21-24-10-6-5-7-11-24/h5-13,20,22,25-26,29-31H,14-19,21H2,1-4H3,(H,38,43)(H2,39,40,45)/t25-,26+,29+,30-,31+/m0/s1. The largest absolute Gasteiger partial charge is 0.456 e. The van der Waals surface area contributed by atoms with Crippen LogP contribution in [0.1, 0.15) is 85.3 Å². The van der Waals surface area contributed by atoms with Crippen molar-refractivity contribution in [2.75, 3.05) is 0 Å². The fourth-order valence-corrected chi connectivity index (χ4v) is 7.32. The van der Waals surface area contributed by atoms with Crippen molar-refractivity contribution in [2.24, 2.45) is 24.8 Å². The molecule has 5 atom stereocenters. The molecule has 0 unspecified atom stereocenters. The average Bonchev–Trinajstić information content (AvgIpc) is 3.84. The molecule has 3 N–H and O–H groups in total. The number of aromatic nitrogens is 2. The lowest BCUT2D eigenvalue weighted by Gasteiger charge is -2.26. The minimum Gasteiger partial charge on any atom is -0.456 e. The normalized spacial score (nSPS) is 19.9. The monoisotopic (exact) mass is 639 g/mol. The lowest BCUT2D eigenvalue weighted by molar-refractivity contribution is -0.124. The van der Waals surface area contributed by atoms with Crippen LogP contribution in [0.25, 0.3) is 10.9 Å². The van der Waals surface area contributed by atoms with Gasteiger partial charge >= 0.3 is 12.0 Å². The van der Waals surface area contributed by atoms with Gasteiger partial charge in [0.1, 0.15) is 24.5 Å². The fourth-order valence-electron chi connectivity index (χ4n) is 7.32. The van der Waals surface area contributed by atoms with E-state index in [-0.39, 0.29) is 42.1 Å². The third-order valence-electron chi connectivity index (χ3n) is 9.62. The van der Waals surface area contributed by atoms with Crippen LogP contribution in [0, 0.1) is 24.7 Å². The molecule has 10 heteroatoms. The number of carbonyl (C=O) groups is 3. The molecule has 248 valence electrons. The average molecular weight is 640 g/mol. The van der Waals surface area contributed by atoms with E-state index in [1.807, 2.05) is 86.3 Å². The molecular formula is C37H45N5O5. The smallest absolute Gasteiger partial charge is 0.360 e. The molecule has 6 rings (SSSR count). The van der Waals surface area contributed by atoms with Crippen LogP contribution in [0.5, 0.6) is 0 Å². The number of ether oxygens (including phenoxy) is 1. The van der Waals surface area contributed by atoms with E-state index < -0.39 is 18.1 Å². The number of hydrogen-bond donors (Lipinski definition) is 3. The van der Waals surface area contributed by atoms with Crippen LogP contribution in [0.2, 0.25) is 0 Å². The van der Waals surface area contributed by atoms with E-state index in [9.17, 15) is 14.4 Å². The van der Waals surface area contributed by atoms with Crippen molar-refractivity contribution < 1.29 is 23.5 Å². The second-order valence-corrected chi connectivity index (χ2v) is 13.6. The Morgan fingerprint density at radius 1 is 1.02 bits per heavy atom. The molecular weight excluding hydrogens is 594 g/mol. The van der Waals surface area contributed by atoms with Crippen molar-refractivity contribution in [3.05, 3.63) is 89.3 Å². The van der Waals surface area contributed by atoms with E-state index in [1.54, 1.807) is 6.92 Å². The summed E-state index contributed by atoms with van der Waals surface area (Å²) in [4.78, 5) is 44.8. The van der Waals surface area contributed by atoms with Gasteiger partial charge in [-0.2, -0.15) is 0 Å². The molecule has 2 bridgehead atoms. The number of hydrogen-bond acceptors (Lipinski definition) is 6. The van der Waals surface area contributed by atoms with Crippen LogP contribution in [-0.4, -0.2) is 39.5 Å². The third-order valence-corrected chi connectivity index (χ3v) is 9.62. The van der Waals surface area contributed by atoms with E-state index in [0.717, 1.165) is 34.9 Å². The fraction of sp³-hybridized carbons (Fsp3) is 0.459. The molecule has 2 aromatic heterocycles. The first-order valence-corrected chi connectivity index (χ1v) is 16.7. The molecule has 2 aliphatic carbocycles. The van der Waals surface area contributed by atoms with E-state index in [1.165, 1.54) is 12.8 Å². The molecule has 2 fully saturated rings. The van der Waals surface area contributed by atoms with Gasteiger partial charge in [0.25, 0.3) is 0 Å². The minimum absolute atomic E-state index is 0.0650. The number of fused-ring (bicyclic) bond motifs is 3. The molecule has 47 heavy (non-hydrogen) atoms. The number of aryl methyl sites for hydroxylation is 2. The van der Waals surface area contributed by atoms with Gasteiger partial charge in [0.15, 0.2) is 5.69 Å². The summed E-state index contributed by atoms with van der Waals surface area (Å²) in [5.74, 6) is 0.932. The zero-order valence-electron chi connectivity index (χ0n) is 27.6. The van der Waals surface area contributed by atoms with Gasteiger partial charge in [-0.1, -0.05) is 68.8 Å². The lowest BCUT2D eigenvalue weighted by atomic mass is 9.95. The van der Waals surface area contributed by atoms with Crippen LogP contribution < -0.4 is 16.0 Å². The van der Waals surface area contributed by atoms with Gasteiger partial charge in [0.05, 0.1) is 0 Å². The van der Waals surface area contributed by atoms with Crippen LogP contribution in [0.15, 0.2) is 65.2 Å². The molecule has 0 spiro atoms. The Bertz CT molecular complexity index is 1730. The van der Waals surface area contributed by atoms with Gasteiger partial charge < -0.3 is 29.7 Å². The number of nitrogens with one attached hydrogen (secondary N) is 3. The SMILES string of the molecule is Cc1oc([C@@H](Cc2cn(C)c3ccccc23)NC(=O)[C@H](CC(C)C)NC(=O)N[C@@H]2C[C@H]3CC[C@@H]2C3)nc1C(=O)OCc1ccccc1. The summed E-state index contributed by atoms with van der Waals surface area (Å²) in [5, 5.41) is 10.3. The summed E-state index contributed by atoms with van der Waals surface area (Å²) in [6.45, 7) is 5.81. The molecule has 3 amide bonds. The van der Waals surface area contributed by atoms with Crippen LogP contribution in [0.3, 0.4) is 0 Å². The molecule has 4 aromatic rings. The molecule has 2 saturated carbocycles. The minimum atomic E-state index is -0.769. The molecule has 0 radical (unpaired) electrons. The van der Waals surface area contributed by atoms with Crippen LogP contribution >= 0.6 is 0 Å². The number of rotatable bonds is 12. The van der Waals surface area contributed by atoms with Gasteiger partial charge in [0.2, 0.25) is 11.8 Å². The van der Waals surface area contributed by atoms with Gasteiger partial charge in [-0.3, -0.25) is 4.79 Å². The van der Waals surface area contributed by atoms with Gasteiger partial charge in [-0.15, -0.1) is 0 Å². The van der Waals surface area contributed by atoms with Crippen molar-refractivity contribution in [3.8, 4) is 0 Å². The van der Waals surface area contributed by atoms with Crippen molar-refractivity contribution in [1.29, 1.82) is 0 Å². The number of esters is 1. The Kier molecular flexibility index (Phi) is 9.66. The molecule has 2 heterocycles. The second-order valence-electron chi connectivity index (χ2n) is 13.6. The number of oxazole rings is 1. The van der Waals surface area contributed by atoms with E-state index in [4.69, 9.17) is 9.15 Å². The predicted molar refractivity (Wildman–Crippen MR) is 178 cm³/mol. The lowest BCUT2D eigenvalue weighted by Crippen LogP contribution is -2.53. The highest BCUT2D eigenvalue weighted by atomic mass is 16.5. The Morgan fingerprint density at radius 3 is 2.51 bits per heavy atom. The molecule has 0 aliphatic heterocycles. The topological polar surface area (TPSA) is 127 Å². The first kappa shape index (κ1) is 32.3. The van der Waals surface area contributed by atoms with E-state index in [0.29, 0.717) is 30.4 Å². The highest BCUT2D eigenvalue weighted by Gasteiger charge is 2.40. The maximum absolute atomic E-state index is 14.0. The summed E-state index contributed by atoms with van der Waals surface area (Å²) >= 11 is 0. The van der Waals surface area contributed by atoms with Gasteiger partial charge in [-0.25, -0.2) is 14.6 Å². The van der Waals surface area contributed by atoms with E-state index >= 15 is 0 Å². The van der Waals surface area contributed by atoms with Crippen molar-refractivity contribution >= 4 is 28.8 Å². The number of nitrogens with zero attached hydrogens (tertiary/aromatic N) is 2. The molecule has 2 aliphatic rings. The molecule has 10 nitrogen and oxygen atoms in total.